The molecule has 2 aromatic carbocycles. The van der Waals surface area contributed by atoms with E-state index in [4.69, 9.17) is 57.8 Å². The summed E-state index contributed by atoms with van der Waals surface area (Å²) in [6, 6.07) is 14.0. The number of nitrogens with one attached hydrogen (secondary N) is 4. The van der Waals surface area contributed by atoms with Gasteiger partial charge in [-0.2, -0.15) is 0 Å². The molecule has 0 bridgehead atoms. The topological polar surface area (TPSA) is 310 Å². The van der Waals surface area contributed by atoms with Gasteiger partial charge in [0.1, 0.15) is 23.7 Å². The number of hydrogen-bond acceptors (Lipinski definition) is 24. The van der Waals surface area contributed by atoms with Crippen LogP contribution in [0.5, 0.6) is 0 Å². The molecule has 4 heterocycles. The summed E-state index contributed by atoms with van der Waals surface area (Å²) < 4.78 is 55.9. The third kappa shape index (κ3) is 30.2. The normalized spacial score (nSPS) is 16.1. The maximum Gasteiger partial charge on any atom is 0.246 e. The lowest BCUT2D eigenvalue weighted by molar-refractivity contribution is -0.144. The minimum atomic E-state index is -0.935. The van der Waals surface area contributed by atoms with E-state index in [1.54, 1.807) is 11.3 Å². The molecule has 584 valence electrons. The second kappa shape index (κ2) is 47.0. The molecule has 3 atom stereocenters. The zero-order valence-corrected chi connectivity index (χ0v) is 64.4. The first-order valence-corrected chi connectivity index (χ1v) is 38.2. The molecule has 4 aromatic rings. The molecule has 3 amide bonds. The molecular formula is C79H115N9O17S. The van der Waals surface area contributed by atoms with Crippen molar-refractivity contribution in [3.05, 3.63) is 105 Å². The number of likely N-dealkylation sites (tertiary alicyclic amines) is 1. The van der Waals surface area contributed by atoms with Crippen molar-refractivity contribution in [3.8, 4) is 21.6 Å². The Bertz CT molecular complexity index is 3440. The Labute approximate surface area is 629 Å². The van der Waals surface area contributed by atoms with E-state index in [1.807, 2.05) is 122 Å². The largest absolute Gasteiger partial charge is 0.391 e. The van der Waals surface area contributed by atoms with Gasteiger partial charge >= 0.3 is 0 Å². The number of aromatic nitrogens is 2. The number of aliphatic hydroxyl groups is 1. The summed E-state index contributed by atoms with van der Waals surface area (Å²) in [5.41, 5.74) is 10.0. The number of carbonyl (C=O) groups is 6. The van der Waals surface area contributed by atoms with Crippen molar-refractivity contribution >= 4 is 64.1 Å². The Morgan fingerprint density at radius 3 is 1.75 bits per heavy atom. The van der Waals surface area contributed by atoms with Crippen LogP contribution in [0, 0.1) is 17.7 Å². The van der Waals surface area contributed by atoms with Crippen molar-refractivity contribution in [2.45, 2.75) is 138 Å². The van der Waals surface area contributed by atoms with Gasteiger partial charge < -0.3 is 83.6 Å². The van der Waals surface area contributed by atoms with Gasteiger partial charge in [0.25, 0.3) is 0 Å². The highest BCUT2D eigenvalue weighted by Gasteiger charge is 2.44. The highest BCUT2D eigenvalue weighted by Crippen LogP contribution is 2.33. The molecule has 106 heavy (non-hydrogen) atoms. The molecule has 27 heteroatoms. The fourth-order valence-electron chi connectivity index (χ4n) is 12.4. The predicted molar refractivity (Wildman–Crippen MR) is 408 cm³/mol. The number of anilines is 2. The predicted octanol–water partition coefficient (Wildman–Crippen LogP) is 8.42. The lowest BCUT2D eigenvalue weighted by Crippen LogP contribution is -2.57. The molecule has 2 aromatic heterocycles. The third-order valence-corrected chi connectivity index (χ3v) is 19.1. The standard InChI is InChI=1S/C79H115N9O17S/c1-56(2)84-69-49-63(48-67(68(69)51-80)71(91)17-16-66-58(4)46-57(3)47-72(66)92)62-15-18-73(81-53-62)87-24-22-86(23-25-87)21-19-64(89)10-9-26-96-28-30-98-32-34-100-36-38-102-40-42-104-44-45-105-43-41-103-39-37-101-35-33-99-31-29-97-27-20-74(93)85-76(79(6,7)8)78(95)88-54-65(90)50-70(88)77(94)82-52-60-11-13-61(14-12-60)75-59(5)83-55-106-75/h11-15,18,46,48-49,51,53,55-56,65,70,76,80,84,90H,9-10,16-17,19-45,47,50,52,54H2,1-8H3,(H,82,94)(H,85,93)/t65-,70+,76-/m1/s1. The van der Waals surface area contributed by atoms with E-state index in [0.717, 1.165) is 82.5 Å². The number of aliphatic hydroxyl groups excluding tert-OH is 1. The molecule has 0 radical (unpaired) electrons. The Hall–Kier alpha value is -7.09. The van der Waals surface area contributed by atoms with E-state index in [9.17, 15) is 33.9 Å². The summed E-state index contributed by atoms with van der Waals surface area (Å²) in [6.45, 7) is 27.7. The fourth-order valence-corrected chi connectivity index (χ4v) is 13.2. The molecule has 1 aliphatic carbocycles. The van der Waals surface area contributed by atoms with Gasteiger partial charge in [-0.15, -0.1) is 11.3 Å². The van der Waals surface area contributed by atoms with Crippen molar-refractivity contribution in [1.82, 2.24) is 30.4 Å². The molecule has 2 aliphatic heterocycles. The smallest absolute Gasteiger partial charge is 0.246 e. The minimum absolute atomic E-state index is 0.0102. The van der Waals surface area contributed by atoms with E-state index in [1.165, 1.54) is 11.1 Å². The molecule has 5 N–H and O–H groups in total. The number of amides is 3. The van der Waals surface area contributed by atoms with Crippen LogP contribution in [0.15, 0.2) is 83.0 Å². The SMILES string of the molecule is CC1=CC(C)=C(CCC(=O)c2cc(-c3ccc(N4CCN(CCC(=O)CCCOCCOCCOCCOCCOCCOCCOCCOCCOCCOCCC(=O)N[C@H](C(=O)N5C[C@H](O)C[C@H]5C(=O)NCc5ccc(-c6scnc6C)cc5)C(C)(C)C)CC4)nc3)cc(NC(C)C)c2C=N)C(=O)C1. The summed E-state index contributed by atoms with van der Waals surface area (Å²) in [7, 11) is 0. The van der Waals surface area contributed by atoms with Gasteiger partial charge in [-0.3, -0.25) is 33.7 Å². The van der Waals surface area contributed by atoms with Crippen molar-refractivity contribution in [1.29, 1.82) is 5.41 Å². The first kappa shape index (κ1) is 86.2. The number of nitrogens with zero attached hydrogens (tertiary/aromatic N) is 5. The molecule has 0 unspecified atom stereocenters. The Morgan fingerprint density at radius 1 is 0.679 bits per heavy atom. The number of ketones is 3. The molecule has 26 nitrogen and oxygen atoms in total. The van der Waals surface area contributed by atoms with E-state index in [0.29, 0.717) is 173 Å². The summed E-state index contributed by atoms with van der Waals surface area (Å²) >= 11 is 1.57. The van der Waals surface area contributed by atoms with Crippen LogP contribution in [0.3, 0.4) is 0 Å². The van der Waals surface area contributed by atoms with E-state index < -0.39 is 29.5 Å². The first-order chi connectivity index (χ1) is 51.2. The molecule has 2 fully saturated rings. The van der Waals surface area contributed by atoms with Crippen LogP contribution in [0.1, 0.15) is 127 Å². The molecular weight excluding hydrogens is 1380 g/mol. The number of thiazole rings is 1. The average molecular weight is 1490 g/mol. The number of Topliss-reactive ketones (excluding diaryl/α,β-unsaturated/α-hetero) is 3. The number of rotatable bonds is 52. The maximum atomic E-state index is 14.0. The van der Waals surface area contributed by atoms with Crippen molar-refractivity contribution in [3.63, 3.8) is 0 Å². The summed E-state index contributed by atoms with van der Waals surface area (Å²) in [4.78, 5) is 96.0. The van der Waals surface area contributed by atoms with Gasteiger partial charge in [-0.1, -0.05) is 56.7 Å². The Kier molecular flexibility index (Phi) is 38.2. The number of allylic oxidation sites excluding steroid dienone is 4. The van der Waals surface area contributed by atoms with Crippen molar-refractivity contribution in [2.75, 3.05) is 182 Å². The highest BCUT2D eigenvalue weighted by molar-refractivity contribution is 7.13. The number of ether oxygens (including phenoxy) is 10. The lowest BCUT2D eigenvalue weighted by Gasteiger charge is -2.35. The number of pyridine rings is 1. The van der Waals surface area contributed by atoms with Crippen LogP contribution in [0.25, 0.3) is 21.6 Å². The van der Waals surface area contributed by atoms with Gasteiger partial charge in [0, 0.05) is 132 Å². The van der Waals surface area contributed by atoms with Crippen LogP contribution >= 0.6 is 11.3 Å². The van der Waals surface area contributed by atoms with Gasteiger partial charge in [0.15, 0.2) is 11.6 Å². The second-order valence-electron chi connectivity index (χ2n) is 28.0. The summed E-state index contributed by atoms with van der Waals surface area (Å²) in [5.74, 6) is -0.104. The number of hydrogen-bond donors (Lipinski definition) is 5. The fraction of sp³-hybridized carbons (Fsp3) is 0.608. The number of aryl methyl sites for hydroxylation is 1. The molecule has 0 saturated carbocycles. The number of β-amino-alcohol motifs (C(OH)–C–C–N with tert-alkyl or cyclic N) is 1. The first-order valence-electron chi connectivity index (χ1n) is 37.3. The summed E-state index contributed by atoms with van der Waals surface area (Å²) in [6.07, 6.45) is 6.91. The lowest BCUT2D eigenvalue weighted by atomic mass is 9.85. The van der Waals surface area contributed by atoms with E-state index in [-0.39, 0.29) is 80.8 Å². The van der Waals surface area contributed by atoms with Crippen molar-refractivity contribution < 1.29 is 81.2 Å². The van der Waals surface area contributed by atoms with Gasteiger partial charge in [-0.25, -0.2) is 9.97 Å². The number of benzene rings is 2. The monoisotopic (exact) mass is 1490 g/mol. The van der Waals surface area contributed by atoms with Crippen molar-refractivity contribution in [2.24, 2.45) is 5.41 Å². The number of carbonyl (C=O) groups excluding carboxylic acids is 6. The van der Waals surface area contributed by atoms with Crippen LogP contribution in [-0.4, -0.2) is 262 Å². The van der Waals surface area contributed by atoms with Crippen LogP contribution in [-0.2, 0) is 77.9 Å². The zero-order chi connectivity index (χ0) is 76.1. The van der Waals surface area contributed by atoms with Crippen LogP contribution in [0.4, 0.5) is 11.5 Å². The third-order valence-electron chi connectivity index (χ3n) is 18.1. The maximum absolute atomic E-state index is 14.0. The van der Waals surface area contributed by atoms with Crippen LogP contribution in [0.2, 0.25) is 0 Å². The molecule has 0 spiro atoms. The summed E-state index contributed by atoms with van der Waals surface area (Å²) in [5, 5.41) is 28.0. The molecule has 2 saturated heterocycles. The minimum Gasteiger partial charge on any atom is -0.391 e. The van der Waals surface area contributed by atoms with Gasteiger partial charge in [-0.05, 0) is 105 Å². The van der Waals surface area contributed by atoms with Gasteiger partial charge in [0.05, 0.1) is 148 Å². The van der Waals surface area contributed by atoms with E-state index >= 15 is 0 Å². The Morgan fingerprint density at radius 2 is 1.24 bits per heavy atom. The quantitative estimate of drug-likeness (QED) is 0.0157. The van der Waals surface area contributed by atoms with Gasteiger partial charge in [0.2, 0.25) is 17.7 Å². The average Bonchev–Trinajstić information content (AvgIpc) is 1.79. The Balaban J connectivity index is 0.589. The number of piperazine rings is 1. The van der Waals surface area contributed by atoms with E-state index in [2.05, 4.69) is 30.7 Å². The highest BCUT2D eigenvalue weighted by atomic mass is 32.1. The second-order valence-corrected chi connectivity index (χ2v) is 28.9. The zero-order valence-electron chi connectivity index (χ0n) is 63.6. The molecule has 3 aliphatic rings. The van der Waals surface area contributed by atoms with Crippen LogP contribution < -0.4 is 20.9 Å². The molecule has 7 rings (SSSR count).